The summed E-state index contributed by atoms with van der Waals surface area (Å²) in [6, 6.07) is 12.0. The molecule has 0 aromatic heterocycles. The van der Waals surface area contributed by atoms with Gasteiger partial charge in [0.2, 0.25) is 11.8 Å². The number of carboxylic acid groups (broad SMARTS) is 1. The first kappa shape index (κ1) is 19.1. The van der Waals surface area contributed by atoms with Crippen LogP contribution < -0.4 is 10.2 Å². The smallest absolute Gasteiger partial charge is 0.336 e. The molecule has 6 nitrogen and oxygen atoms in total. The Morgan fingerprint density at radius 1 is 1.19 bits per heavy atom. The Morgan fingerprint density at radius 2 is 1.89 bits per heavy atom. The fourth-order valence-corrected chi connectivity index (χ4v) is 3.60. The van der Waals surface area contributed by atoms with E-state index in [9.17, 15) is 19.5 Å². The van der Waals surface area contributed by atoms with E-state index in [1.165, 1.54) is 11.0 Å². The van der Waals surface area contributed by atoms with Crippen LogP contribution in [0, 0.1) is 0 Å². The van der Waals surface area contributed by atoms with Crippen LogP contribution in [0.2, 0.25) is 0 Å². The average molecular weight is 431 g/mol. The van der Waals surface area contributed by atoms with Crippen molar-refractivity contribution in [1.82, 2.24) is 5.32 Å². The van der Waals surface area contributed by atoms with Crippen molar-refractivity contribution in [2.75, 3.05) is 11.4 Å². The molecule has 27 heavy (non-hydrogen) atoms. The van der Waals surface area contributed by atoms with E-state index in [1.54, 1.807) is 18.2 Å². The number of nitrogens with zero attached hydrogens (tertiary/aromatic N) is 1. The van der Waals surface area contributed by atoms with Gasteiger partial charge in [-0.15, -0.1) is 0 Å². The van der Waals surface area contributed by atoms with E-state index in [1.807, 2.05) is 32.0 Å². The topological polar surface area (TPSA) is 86.7 Å². The van der Waals surface area contributed by atoms with Crippen LogP contribution >= 0.6 is 15.9 Å². The average Bonchev–Trinajstić information content (AvgIpc) is 2.81. The van der Waals surface area contributed by atoms with Crippen LogP contribution in [-0.2, 0) is 21.5 Å². The van der Waals surface area contributed by atoms with Crippen molar-refractivity contribution in [3.8, 4) is 0 Å². The molecule has 2 aromatic carbocycles. The van der Waals surface area contributed by atoms with Gasteiger partial charge in [-0.05, 0) is 49.2 Å². The molecule has 7 heteroatoms. The molecule has 2 aromatic rings. The number of anilines is 1. The van der Waals surface area contributed by atoms with Crippen molar-refractivity contribution in [3.05, 3.63) is 63.6 Å². The standard InChI is InChI=1S/C20H19BrN2O4/c1-20(2)15-9-13(21)7-8-16(15)23(19(20)27)11-17(24)22-10-12-5-3-4-6-14(12)18(25)26/h3-9H,10-11H2,1-2H3,(H,22,24)(H,25,26). The lowest BCUT2D eigenvalue weighted by Crippen LogP contribution is -2.42. The van der Waals surface area contributed by atoms with Gasteiger partial charge in [-0.3, -0.25) is 9.59 Å². The van der Waals surface area contributed by atoms with E-state index >= 15 is 0 Å². The molecule has 0 unspecified atom stereocenters. The van der Waals surface area contributed by atoms with Crippen LogP contribution in [-0.4, -0.2) is 29.4 Å². The minimum atomic E-state index is -1.05. The molecule has 0 fully saturated rings. The molecule has 3 rings (SSSR count). The van der Waals surface area contributed by atoms with Gasteiger partial charge in [-0.1, -0.05) is 34.1 Å². The number of carbonyl (C=O) groups is 3. The zero-order chi connectivity index (χ0) is 19.8. The fraction of sp³-hybridized carbons (Fsp3) is 0.250. The molecule has 0 atom stereocenters. The van der Waals surface area contributed by atoms with Crippen molar-refractivity contribution in [2.24, 2.45) is 0 Å². The molecule has 1 heterocycles. The summed E-state index contributed by atoms with van der Waals surface area (Å²) in [7, 11) is 0. The SMILES string of the molecule is CC1(C)C(=O)N(CC(=O)NCc2ccccc2C(=O)O)c2ccc(Br)cc21. The summed E-state index contributed by atoms with van der Waals surface area (Å²) >= 11 is 3.42. The summed E-state index contributed by atoms with van der Waals surface area (Å²) in [4.78, 5) is 38.0. The summed E-state index contributed by atoms with van der Waals surface area (Å²) in [6.07, 6.45) is 0. The fourth-order valence-electron chi connectivity index (χ4n) is 3.24. The van der Waals surface area contributed by atoms with E-state index in [4.69, 9.17) is 0 Å². The van der Waals surface area contributed by atoms with Gasteiger partial charge in [-0.2, -0.15) is 0 Å². The highest BCUT2D eigenvalue weighted by Crippen LogP contribution is 2.42. The minimum absolute atomic E-state index is 0.0833. The molecular weight excluding hydrogens is 412 g/mol. The molecule has 0 saturated heterocycles. The number of fused-ring (bicyclic) bond motifs is 1. The second-order valence-electron chi connectivity index (χ2n) is 6.92. The largest absolute Gasteiger partial charge is 0.478 e. The van der Waals surface area contributed by atoms with Crippen LogP contribution in [0.25, 0.3) is 0 Å². The molecule has 2 amide bonds. The second kappa shape index (κ2) is 7.15. The van der Waals surface area contributed by atoms with Gasteiger partial charge >= 0.3 is 5.97 Å². The van der Waals surface area contributed by atoms with Crippen molar-refractivity contribution in [3.63, 3.8) is 0 Å². The number of carboxylic acids is 1. The van der Waals surface area contributed by atoms with Gasteiger partial charge in [0, 0.05) is 16.7 Å². The van der Waals surface area contributed by atoms with Crippen molar-refractivity contribution in [1.29, 1.82) is 0 Å². The Kier molecular flexibility index (Phi) is 5.06. The predicted molar refractivity (Wildman–Crippen MR) is 105 cm³/mol. The summed E-state index contributed by atoms with van der Waals surface area (Å²) < 4.78 is 0.874. The van der Waals surface area contributed by atoms with E-state index in [0.717, 1.165) is 10.0 Å². The van der Waals surface area contributed by atoms with Gasteiger partial charge < -0.3 is 15.3 Å². The molecule has 2 N–H and O–H groups in total. The summed E-state index contributed by atoms with van der Waals surface area (Å²) in [5.74, 6) is -1.54. The maximum atomic E-state index is 12.8. The van der Waals surface area contributed by atoms with Crippen LogP contribution in [0.4, 0.5) is 5.69 Å². The number of amides is 2. The highest BCUT2D eigenvalue weighted by molar-refractivity contribution is 9.10. The van der Waals surface area contributed by atoms with Crippen LogP contribution in [0.5, 0.6) is 0 Å². The highest BCUT2D eigenvalue weighted by Gasteiger charge is 2.44. The molecule has 0 aliphatic carbocycles. The minimum Gasteiger partial charge on any atom is -0.478 e. The summed E-state index contributed by atoms with van der Waals surface area (Å²) in [5.41, 5.74) is 1.53. The zero-order valence-electron chi connectivity index (χ0n) is 15.0. The Balaban J connectivity index is 1.74. The lowest BCUT2D eigenvalue weighted by molar-refractivity contribution is -0.125. The van der Waals surface area contributed by atoms with Gasteiger partial charge in [0.25, 0.3) is 0 Å². The third kappa shape index (κ3) is 3.60. The van der Waals surface area contributed by atoms with Gasteiger partial charge in [0.05, 0.1) is 11.0 Å². The Bertz CT molecular complexity index is 939. The van der Waals surface area contributed by atoms with Crippen LogP contribution in [0.3, 0.4) is 0 Å². The number of hydrogen-bond donors (Lipinski definition) is 2. The zero-order valence-corrected chi connectivity index (χ0v) is 16.5. The number of benzene rings is 2. The van der Waals surface area contributed by atoms with E-state index in [0.29, 0.717) is 11.3 Å². The first-order valence-corrected chi connectivity index (χ1v) is 9.21. The molecule has 0 spiro atoms. The Labute approximate surface area is 165 Å². The highest BCUT2D eigenvalue weighted by atomic mass is 79.9. The predicted octanol–water partition coefficient (Wildman–Crippen LogP) is 3.09. The third-order valence-corrected chi connectivity index (χ3v) is 5.22. The quantitative estimate of drug-likeness (QED) is 0.762. The third-order valence-electron chi connectivity index (χ3n) is 4.73. The van der Waals surface area contributed by atoms with Gasteiger partial charge in [0.1, 0.15) is 6.54 Å². The first-order valence-electron chi connectivity index (χ1n) is 8.41. The molecule has 0 saturated carbocycles. The molecular formula is C20H19BrN2O4. The lowest BCUT2D eigenvalue weighted by atomic mass is 9.86. The molecule has 140 valence electrons. The van der Waals surface area contributed by atoms with E-state index in [-0.39, 0.29) is 30.5 Å². The maximum absolute atomic E-state index is 12.8. The summed E-state index contributed by atoms with van der Waals surface area (Å²) in [6.45, 7) is 3.63. The van der Waals surface area contributed by atoms with E-state index < -0.39 is 11.4 Å². The number of halogens is 1. The normalized spacial score (nSPS) is 14.8. The van der Waals surface area contributed by atoms with Crippen LogP contribution in [0.15, 0.2) is 46.9 Å². The maximum Gasteiger partial charge on any atom is 0.336 e. The van der Waals surface area contributed by atoms with Crippen molar-refractivity contribution in [2.45, 2.75) is 25.8 Å². The number of rotatable bonds is 5. The molecule has 1 aliphatic rings. The van der Waals surface area contributed by atoms with E-state index in [2.05, 4.69) is 21.2 Å². The van der Waals surface area contributed by atoms with Gasteiger partial charge in [0.15, 0.2) is 0 Å². The monoisotopic (exact) mass is 430 g/mol. The van der Waals surface area contributed by atoms with Gasteiger partial charge in [-0.25, -0.2) is 4.79 Å². The number of carbonyl (C=O) groups excluding carboxylic acids is 2. The summed E-state index contributed by atoms with van der Waals surface area (Å²) in [5, 5.41) is 11.9. The molecule has 0 radical (unpaired) electrons. The lowest BCUT2D eigenvalue weighted by Gasteiger charge is -2.20. The van der Waals surface area contributed by atoms with Crippen LogP contribution in [0.1, 0.15) is 35.3 Å². The number of nitrogens with one attached hydrogen (secondary N) is 1. The Morgan fingerprint density at radius 3 is 2.59 bits per heavy atom. The van der Waals surface area contributed by atoms with Crippen molar-refractivity contribution < 1.29 is 19.5 Å². The first-order chi connectivity index (χ1) is 12.7. The molecule has 1 aliphatic heterocycles. The second-order valence-corrected chi connectivity index (χ2v) is 7.83. The Hall–Kier alpha value is -2.67. The number of hydrogen-bond acceptors (Lipinski definition) is 3. The molecule has 0 bridgehead atoms. The van der Waals surface area contributed by atoms with Crippen molar-refractivity contribution >= 4 is 39.4 Å². The number of aromatic carboxylic acids is 1.